The van der Waals surface area contributed by atoms with Gasteiger partial charge in [-0.1, -0.05) is 86.6 Å². The molecule has 3 aromatic carbocycles. The van der Waals surface area contributed by atoms with Crippen molar-refractivity contribution in [3.05, 3.63) is 90.0 Å². The highest BCUT2D eigenvalue weighted by atomic mass is 32.2. The van der Waals surface area contributed by atoms with Crippen molar-refractivity contribution >= 4 is 15.7 Å². The van der Waals surface area contributed by atoms with Gasteiger partial charge in [0.2, 0.25) is 10.0 Å². The average molecular weight is 408 g/mol. The monoisotopic (exact) mass is 407 g/mol. The number of para-hydroxylation sites is 1. The predicted molar refractivity (Wildman–Crippen MR) is 123 cm³/mol. The molecule has 0 fully saturated rings. The van der Waals surface area contributed by atoms with Crippen molar-refractivity contribution in [3.63, 3.8) is 0 Å². The van der Waals surface area contributed by atoms with Crippen molar-refractivity contribution in [3.8, 4) is 11.1 Å². The van der Waals surface area contributed by atoms with Crippen molar-refractivity contribution in [1.29, 1.82) is 0 Å². The van der Waals surface area contributed by atoms with Crippen LogP contribution < -0.4 is 4.31 Å². The summed E-state index contributed by atoms with van der Waals surface area (Å²) in [7, 11) is -3.45. The lowest BCUT2D eigenvalue weighted by atomic mass is 9.99. The summed E-state index contributed by atoms with van der Waals surface area (Å²) in [5.74, 6) is 0.443. The quantitative estimate of drug-likeness (QED) is 0.476. The molecule has 0 N–H and O–H groups in total. The molecular weight excluding hydrogens is 378 g/mol. The van der Waals surface area contributed by atoms with Crippen LogP contribution in [0.15, 0.2) is 78.9 Å². The summed E-state index contributed by atoms with van der Waals surface area (Å²) in [5.41, 5.74) is 5.06. The molecule has 0 aliphatic rings. The van der Waals surface area contributed by atoms with Crippen LogP contribution in [0.4, 0.5) is 5.69 Å². The van der Waals surface area contributed by atoms with Gasteiger partial charge >= 0.3 is 0 Å². The molecule has 4 heteroatoms. The molecule has 0 unspecified atom stereocenters. The minimum Gasteiger partial charge on any atom is -0.263 e. The fourth-order valence-electron chi connectivity index (χ4n) is 3.73. The highest BCUT2D eigenvalue weighted by molar-refractivity contribution is 7.92. The minimum absolute atomic E-state index is 0.303. The van der Waals surface area contributed by atoms with E-state index in [-0.39, 0.29) is 6.04 Å². The summed E-state index contributed by atoms with van der Waals surface area (Å²) in [6.07, 6.45) is 2.12. The Hall–Kier alpha value is -2.59. The van der Waals surface area contributed by atoms with E-state index < -0.39 is 10.0 Å². The molecule has 0 amide bonds. The lowest BCUT2D eigenvalue weighted by Gasteiger charge is -2.31. The second-order valence-corrected chi connectivity index (χ2v) is 9.81. The topological polar surface area (TPSA) is 37.4 Å². The summed E-state index contributed by atoms with van der Waals surface area (Å²) in [6.45, 7) is 6.24. The van der Waals surface area contributed by atoms with E-state index in [4.69, 9.17) is 0 Å². The van der Waals surface area contributed by atoms with Crippen molar-refractivity contribution in [2.45, 2.75) is 33.2 Å². The SMILES string of the molecule is CC(C)Cc1ccccc1N([C@H](C)c1ccc(-c2ccccc2)cc1)S(C)(=O)=O. The average Bonchev–Trinajstić information content (AvgIpc) is 2.69. The largest absolute Gasteiger partial charge is 0.263 e. The zero-order valence-electron chi connectivity index (χ0n) is 17.5. The maximum Gasteiger partial charge on any atom is 0.232 e. The molecule has 29 heavy (non-hydrogen) atoms. The first-order chi connectivity index (χ1) is 13.8. The molecule has 3 aromatic rings. The Bertz CT molecular complexity index is 1040. The van der Waals surface area contributed by atoms with E-state index in [1.165, 1.54) is 6.26 Å². The van der Waals surface area contributed by atoms with Crippen LogP contribution in [0.25, 0.3) is 11.1 Å². The van der Waals surface area contributed by atoms with E-state index in [0.29, 0.717) is 5.92 Å². The molecule has 0 bridgehead atoms. The van der Waals surface area contributed by atoms with Crippen LogP contribution in [0.5, 0.6) is 0 Å². The molecule has 0 aliphatic carbocycles. The molecule has 0 aliphatic heterocycles. The van der Waals surface area contributed by atoms with E-state index in [9.17, 15) is 8.42 Å². The number of anilines is 1. The van der Waals surface area contributed by atoms with Gasteiger partial charge in [-0.15, -0.1) is 0 Å². The first-order valence-electron chi connectivity index (χ1n) is 10.00. The molecule has 1 atom stereocenters. The Balaban J connectivity index is 1.99. The van der Waals surface area contributed by atoms with E-state index in [1.54, 1.807) is 4.31 Å². The molecule has 0 saturated heterocycles. The van der Waals surface area contributed by atoms with Gasteiger partial charge in [0.05, 0.1) is 18.0 Å². The van der Waals surface area contributed by atoms with Gasteiger partial charge in [-0.2, -0.15) is 0 Å². The van der Waals surface area contributed by atoms with Crippen LogP contribution in [0.3, 0.4) is 0 Å². The first-order valence-corrected chi connectivity index (χ1v) is 11.8. The van der Waals surface area contributed by atoms with Crippen LogP contribution >= 0.6 is 0 Å². The highest BCUT2D eigenvalue weighted by Gasteiger charge is 2.27. The van der Waals surface area contributed by atoms with Gasteiger partial charge in [-0.25, -0.2) is 8.42 Å². The smallest absolute Gasteiger partial charge is 0.232 e. The Morgan fingerprint density at radius 2 is 1.31 bits per heavy atom. The summed E-state index contributed by atoms with van der Waals surface area (Å²) in [6, 6.07) is 25.9. The molecule has 0 spiro atoms. The van der Waals surface area contributed by atoms with Crippen LogP contribution in [0, 0.1) is 5.92 Å². The molecule has 152 valence electrons. The normalized spacial score (nSPS) is 12.7. The molecule has 3 nitrogen and oxygen atoms in total. The lowest BCUT2D eigenvalue weighted by molar-refractivity contribution is 0.587. The molecule has 0 heterocycles. The summed E-state index contributed by atoms with van der Waals surface area (Å²) >= 11 is 0. The van der Waals surface area contributed by atoms with Gasteiger partial charge in [0.25, 0.3) is 0 Å². The Morgan fingerprint density at radius 1 is 0.759 bits per heavy atom. The molecule has 3 rings (SSSR count). The molecule has 0 saturated carbocycles. The van der Waals surface area contributed by atoms with E-state index in [2.05, 4.69) is 38.1 Å². The fourth-order valence-corrected chi connectivity index (χ4v) is 4.96. The molecule has 0 radical (unpaired) electrons. The summed E-state index contributed by atoms with van der Waals surface area (Å²) < 4.78 is 27.2. The second kappa shape index (κ2) is 8.83. The van der Waals surface area contributed by atoms with Crippen LogP contribution in [0.2, 0.25) is 0 Å². The van der Waals surface area contributed by atoms with E-state index in [1.807, 2.05) is 61.5 Å². The third kappa shape index (κ3) is 5.07. The van der Waals surface area contributed by atoms with Gasteiger partial charge in [-0.05, 0) is 47.6 Å². The van der Waals surface area contributed by atoms with Gasteiger partial charge in [0.15, 0.2) is 0 Å². The van der Waals surface area contributed by atoms with E-state index in [0.717, 1.165) is 34.4 Å². The van der Waals surface area contributed by atoms with Gasteiger partial charge < -0.3 is 0 Å². The summed E-state index contributed by atoms with van der Waals surface area (Å²) in [4.78, 5) is 0. The summed E-state index contributed by atoms with van der Waals surface area (Å²) in [5, 5.41) is 0. The maximum atomic E-state index is 12.8. The zero-order chi connectivity index (χ0) is 21.0. The van der Waals surface area contributed by atoms with Crippen molar-refractivity contribution < 1.29 is 8.42 Å². The fraction of sp³-hybridized carbons (Fsp3) is 0.280. The second-order valence-electron chi connectivity index (χ2n) is 7.95. The lowest BCUT2D eigenvalue weighted by Crippen LogP contribution is -2.33. The van der Waals surface area contributed by atoms with Crippen molar-refractivity contribution in [2.75, 3.05) is 10.6 Å². The number of hydrogen-bond donors (Lipinski definition) is 0. The maximum absolute atomic E-state index is 12.8. The van der Waals surface area contributed by atoms with Crippen molar-refractivity contribution in [2.24, 2.45) is 5.92 Å². The third-order valence-electron chi connectivity index (χ3n) is 5.07. The number of nitrogens with zero attached hydrogens (tertiary/aromatic N) is 1. The number of hydrogen-bond acceptors (Lipinski definition) is 2. The Morgan fingerprint density at radius 3 is 1.90 bits per heavy atom. The Kier molecular flexibility index (Phi) is 6.43. The minimum atomic E-state index is -3.45. The van der Waals surface area contributed by atoms with Crippen LogP contribution in [-0.2, 0) is 16.4 Å². The molecular formula is C25H29NO2S. The van der Waals surface area contributed by atoms with Crippen LogP contribution in [-0.4, -0.2) is 14.7 Å². The predicted octanol–water partition coefficient (Wildman–Crippen LogP) is 6.08. The van der Waals surface area contributed by atoms with Crippen LogP contribution in [0.1, 0.15) is 37.9 Å². The number of rotatable bonds is 7. The Labute approximate surface area is 175 Å². The third-order valence-corrected chi connectivity index (χ3v) is 6.29. The first kappa shape index (κ1) is 21.1. The van der Waals surface area contributed by atoms with Gasteiger partial charge in [0.1, 0.15) is 0 Å². The standard InChI is InChI=1S/C25H29NO2S/c1-19(2)18-24-12-8-9-13-25(24)26(29(4,27)28)20(3)21-14-16-23(17-15-21)22-10-6-5-7-11-22/h5-17,19-20H,18H2,1-4H3/t20-/m1/s1. The van der Waals surface area contributed by atoms with Gasteiger partial charge in [0, 0.05) is 0 Å². The highest BCUT2D eigenvalue weighted by Crippen LogP contribution is 2.34. The number of benzene rings is 3. The van der Waals surface area contributed by atoms with Crippen molar-refractivity contribution in [1.82, 2.24) is 0 Å². The number of sulfonamides is 1. The van der Waals surface area contributed by atoms with Gasteiger partial charge in [-0.3, -0.25) is 4.31 Å². The molecule has 0 aromatic heterocycles. The van der Waals surface area contributed by atoms with E-state index >= 15 is 0 Å². The zero-order valence-corrected chi connectivity index (χ0v) is 18.4.